The third-order valence-electron chi connectivity index (χ3n) is 3.92. The first-order chi connectivity index (χ1) is 9.31. The maximum atomic E-state index is 5.97. The highest BCUT2D eigenvalue weighted by atomic mass is 35.5. The van der Waals surface area contributed by atoms with Gasteiger partial charge in [0.1, 0.15) is 0 Å². The van der Waals surface area contributed by atoms with Crippen LogP contribution >= 0.6 is 11.6 Å². The zero-order chi connectivity index (χ0) is 13.5. The van der Waals surface area contributed by atoms with Crippen LogP contribution in [0.5, 0.6) is 0 Å². The summed E-state index contributed by atoms with van der Waals surface area (Å²) < 4.78 is 10.5. The molecule has 0 saturated carbocycles. The second-order valence-corrected chi connectivity index (χ2v) is 5.55. The minimum atomic E-state index is 0.0842. The van der Waals surface area contributed by atoms with Gasteiger partial charge in [0.05, 0.1) is 12.3 Å². The molecular weight excluding hydrogens is 264 g/mol. The highest BCUT2D eigenvalue weighted by Crippen LogP contribution is 2.28. The Kier molecular flexibility index (Phi) is 6.17. The van der Waals surface area contributed by atoms with Gasteiger partial charge in [-0.25, -0.2) is 0 Å². The van der Waals surface area contributed by atoms with Gasteiger partial charge in [-0.3, -0.25) is 11.3 Å². The highest BCUT2D eigenvalue weighted by Gasteiger charge is 2.16. The van der Waals surface area contributed by atoms with Crippen molar-refractivity contribution in [3.05, 3.63) is 23.1 Å². The molecule has 1 unspecified atom stereocenters. The summed E-state index contributed by atoms with van der Waals surface area (Å²) in [5, 5.41) is 0.437. The summed E-state index contributed by atoms with van der Waals surface area (Å²) in [5.74, 6) is 6.43. The molecule has 0 aliphatic carbocycles. The number of furan rings is 1. The predicted octanol–water partition coefficient (Wildman–Crippen LogP) is 3.42. The van der Waals surface area contributed by atoms with E-state index in [2.05, 4.69) is 5.43 Å². The van der Waals surface area contributed by atoms with Crippen LogP contribution in [0.1, 0.15) is 50.1 Å². The first kappa shape index (κ1) is 14.9. The Labute approximate surface area is 119 Å². The van der Waals surface area contributed by atoms with Crippen molar-refractivity contribution in [1.82, 2.24) is 5.43 Å². The monoisotopic (exact) mass is 286 g/mol. The molecule has 1 aromatic heterocycles. The van der Waals surface area contributed by atoms with Crippen molar-refractivity contribution in [2.24, 2.45) is 11.8 Å². The molecule has 1 fully saturated rings. The van der Waals surface area contributed by atoms with Gasteiger partial charge in [-0.15, -0.1) is 0 Å². The van der Waals surface area contributed by atoms with E-state index in [1.54, 1.807) is 6.26 Å². The minimum absolute atomic E-state index is 0.0842. The van der Waals surface area contributed by atoms with E-state index >= 15 is 0 Å². The minimum Gasteiger partial charge on any atom is -0.453 e. The van der Waals surface area contributed by atoms with Gasteiger partial charge in [0, 0.05) is 18.8 Å². The lowest BCUT2D eigenvalue weighted by Crippen LogP contribution is -2.27. The quantitative estimate of drug-likeness (QED) is 0.458. The van der Waals surface area contributed by atoms with E-state index in [0.717, 1.165) is 37.5 Å². The van der Waals surface area contributed by atoms with Crippen molar-refractivity contribution >= 4 is 11.6 Å². The van der Waals surface area contributed by atoms with Crippen molar-refractivity contribution in [3.63, 3.8) is 0 Å². The molecule has 0 spiro atoms. The maximum absolute atomic E-state index is 5.97. The molecule has 1 aliphatic heterocycles. The molecule has 1 aromatic rings. The number of nitrogens with two attached hydrogens (primary N) is 1. The molecule has 4 nitrogen and oxygen atoms in total. The average Bonchev–Trinajstić information content (AvgIpc) is 2.86. The number of hydrazine groups is 1. The Morgan fingerprint density at radius 3 is 2.79 bits per heavy atom. The molecule has 108 valence electrons. The first-order valence-corrected chi connectivity index (χ1v) is 7.46. The van der Waals surface area contributed by atoms with Crippen LogP contribution in [0.25, 0.3) is 0 Å². The van der Waals surface area contributed by atoms with Gasteiger partial charge in [-0.2, -0.15) is 0 Å². The Hall–Kier alpha value is -0.550. The first-order valence-electron chi connectivity index (χ1n) is 7.08. The molecule has 2 rings (SSSR count). The molecule has 1 saturated heterocycles. The summed E-state index contributed by atoms with van der Waals surface area (Å²) in [6.07, 6.45) is 8.69. The molecule has 1 atom stereocenters. The van der Waals surface area contributed by atoms with Crippen molar-refractivity contribution in [2.45, 2.75) is 44.6 Å². The lowest BCUT2D eigenvalue weighted by molar-refractivity contribution is 0.0630. The lowest BCUT2D eigenvalue weighted by atomic mass is 9.93. The fourth-order valence-corrected chi connectivity index (χ4v) is 2.95. The Balaban J connectivity index is 1.67. The van der Waals surface area contributed by atoms with Crippen LogP contribution in [0.3, 0.4) is 0 Å². The fourth-order valence-electron chi connectivity index (χ4n) is 2.70. The van der Waals surface area contributed by atoms with Gasteiger partial charge >= 0.3 is 0 Å². The summed E-state index contributed by atoms with van der Waals surface area (Å²) in [6.45, 7) is 1.87. The van der Waals surface area contributed by atoms with Crippen molar-refractivity contribution < 1.29 is 9.15 Å². The smallest absolute Gasteiger partial charge is 0.197 e. The van der Waals surface area contributed by atoms with Gasteiger partial charge in [0.25, 0.3) is 0 Å². The molecule has 0 amide bonds. The maximum Gasteiger partial charge on any atom is 0.197 e. The summed E-state index contributed by atoms with van der Waals surface area (Å²) in [7, 11) is 0. The summed E-state index contributed by atoms with van der Waals surface area (Å²) in [5.41, 5.74) is 3.77. The second-order valence-electron chi connectivity index (χ2n) is 5.21. The van der Waals surface area contributed by atoms with Crippen LogP contribution in [-0.4, -0.2) is 13.2 Å². The zero-order valence-electron chi connectivity index (χ0n) is 11.2. The van der Waals surface area contributed by atoms with E-state index in [1.807, 2.05) is 6.07 Å². The Bertz CT molecular complexity index is 364. The molecule has 19 heavy (non-hydrogen) atoms. The third-order valence-corrected chi connectivity index (χ3v) is 4.23. The summed E-state index contributed by atoms with van der Waals surface area (Å²) >= 11 is 5.97. The van der Waals surface area contributed by atoms with Gasteiger partial charge in [-0.1, -0.05) is 19.3 Å². The number of rotatable bonds is 7. The van der Waals surface area contributed by atoms with Crippen molar-refractivity contribution in [3.8, 4) is 0 Å². The van der Waals surface area contributed by atoms with E-state index in [4.69, 9.17) is 26.6 Å². The zero-order valence-corrected chi connectivity index (χ0v) is 12.0. The van der Waals surface area contributed by atoms with E-state index < -0.39 is 0 Å². The molecular formula is C14H23ClN2O2. The number of unbranched alkanes of at least 4 members (excludes halogenated alkanes) is 1. The van der Waals surface area contributed by atoms with Crippen LogP contribution in [0.4, 0.5) is 0 Å². The number of nitrogens with one attached hydrogen (secondary N) is 1. The van der Waals surface area contributed by atoms with Crippen LogP contribution in [0.2, 0.25) is 5.22 Å². The molecule has 0 aromatic carbocycles. The molecule has 1 aliphatic rings. The van der Waals surface area contributed by atoms with Gasteiger partial charge in [0.2, 0.25) is 0 Å². The van der Waals surface area contributed by atoms with Gasteiger partial charge < -0.3 is 9.15 Å². The molecule has 0 radical (unpaired) electrons. The highest BCUT2D eigenvalue weighted by molar-refractivity contribution is 6.29. The normalized spacial score (nSPS) is 18.6. The number of hydrogen-bond acceptors (Lipinski definition) is 4. The van der Waals surface area contributed by atoms with Crippen LogP contribution in [0.15, 0.2) is 16.7 Å². The van der Waals surface area contributed by atoms with Crippen LogP contribution in [0, 0.1) is 5.92 Å². The summed E-state index contributed by atoms with van der Waals surface area (Å²) in [6, 6.07) is 1.96. The number of hydrogen-bond donors (Lipinski definition) is 2. The predicted molar refractivity (Wildman–Crippen MR) is 75.8 cm³/mol. The standard InChI is InChI=1S/C14H23ClN2O2/c15-14-12(7-10-19-14)13(17-16)4-2-1-3-11-5-8-18-9-6-11/h7,10-11,13,17H,1-6,8-9,16H2. The van der Waals surface area contributed by atoms with Crippen molar-refractivity contribution in [1.29, 1.82) is 0 Å². The average molecular weight is 287 g/mol. The molecule has 0 bridgehead atoms. The summed E-state index contributed by atoms with van der Waals surface area (Å²) in [4.78, 5) is 0. The van der Waals surface area contributed by atoms with Gasteiger partial charge in [0.15, 0.2) is 5.22 Å². The van der Waals surface area contributed by atoms with E-state index in [0.29, 0.717) is 5.22 Å². The van der Waals surface area contributed by atoms with E-state index in [9.17, 15) is 0 Å². The Morgan fingerprint density at radius 1 is 1.37 bits per heavy atom. The molecule has 5 heteroatoms. The topological polar surface area (TPSA) is 60.4 Å². The van der Waals surface area contributed by atoms with Gasteiger partial charge in [-0.05, 0) is 42.8 Å². The number of ether oxygens (including phenoxy) is 1. The second kappa shape index (κ2) is 7.90. The largest absolute Gasteiger partial charge is 0.453 e. The fraction of sp³-hybridized carbons (Fsp3) is 0.714. The van der Waals surface area contributed by atoms with Crippen LogP contribution < -0.4 is 11.3 Å². The SMILES string of the molecule is NNC(CCCCC1CCOCC1)c1ccoc1Cl. The van der Waals surface area contributed by atoms with E-state index in [1.165, 1.54) is 25.7 Å². The van der Waals surface area contributed by atoms with Crippen LogP contribution in [-0.2, 0) is 4.74 Å². The van der Waals surface area contributed by atoms with E-state index in [-0.39, 0.29) is 6.04 Å². The lowest BCUT2D eigenvalue weighted by Gasteiger charge is -2.22. The third kappa shape index (κ3) is 4.49. The molecule has 3 N–H and O–H groups in total. The molecule has 2 heterocycles. The number of halogens is 1. The van der Waals surface area contributed by atoms with Crippen molar-refractivity contribution in [2.75, 3.05) is 13.2 Å². The Morgan fingerprint density at radius 2 is 2.16 bits per heavy atom.